The van der Waals surface area contributed by atoms with Crippen LogP contribution in [0.2, 0.25) is 0 Å². The Morgan fingerprint density at radius 1 is 1.07 bits per heavy atom. The normalized spacial score (nSPS) is 27.7. The van der Waals surface area contributed by atoms with Gasteiger partial charge in [0.15, 0.2) is 17.3 Å². The molecule has 1 aromatic carbocycles. The highest BCUT2D eigenvalue weighted by Crippen LogP contribution is 2.49. The smallest absolute Gasteiger partial charge is 0.325 e. The number of amides is 3. The van der Waals surface area contributed by atoms with Crippen LogP contribution in [-0.2, 0) is 9.59 Å². The molecule has 0 bridgehead atoms. The summed E-state index contributed by atoms with van der Waals surface area (Å²) >= 11 is 0. The Kier molecular flexibility index (Phi) is 4.75. The van der Waals surface area contributed by atoms with Crippen LogP contribution < -0.4 is 20.1 Å². The van der Waals surface area contributed by atoms with Gasteiger partial charge < -0.3 is 19.7 Å². The number of hydrogen-bond acceptors (Lipinski definition) is 6. The van der Waals surface area contributed by atoms with Gasteiger partial charge in [-0.05, 0) is 29.5 Å². The van der Waals surface area contributed by atoms with Gasteiger partial charge >= 0.3 is 6.03 Å². The van der Waals surface area contributed by atoms with E-state index in [0.29, 0.717) is 29.9 Å². The third-order valence-electron chi connectivity index (χ3n) is 6.29. The summed E-state index contributed by atoms with van der Waals surface area (Å²) in [4.78, 5) is 40.0. The van der Waals surface area contributed by atoms with Crippen LogP contribution in [-0.4, -0.2) is 50.1 Å². The molecule has 1 fully saturated rings. The summed E-state index contributed by atoms with van der Waals surface area (Å²) in [6.07, 6.45) is 0.542. The first-order valence-electron chi connectivity index (χ1n) is 9.99. The van der Waals surface area contributed by atoms with E-state index in [-0.39, 0.29) is 17.1 Å². The summed E-state index contributed by atoms with van der Waals surface area (Å²) in [6, 6.07) is 4.99. The number of nitrogens with zero attached hydrogens (tertiary/aromatic N) is 1. The maximum Gasteiger partial charge on any atom is 0.325 e. The van der Waals surface area contributed by atoms with Crippen molar-refractivity contribution in [2.24, 2.45) is 11.3 Å². The number of hydrogen-bond donors (Lipinski definition) is 2. The zero-order valence-electron chi connectivity index (χ0n) is 17.9. The van der Waals surface area contributed by atoms with Crippen molar-refractivity contribution >= 4 is 17.7 Å². The molecular weight excluding hydrogens is 386 g/mol. The molecule has 8 heteroatoms. The van der Waals surface area contributed by atoms with E-state index >= 15 is 0 Å². The highest BCUT2D eigenvalue weighted by Gasteiger charge is 2.52. The number of benzene rings is 1. The topological polar surface area (TPSA) is 97.0 Å². The highest BCUT2D eigenvalue weighted by atomic mass is 16.5. The number of allylic oxidation sites excluding steroid dienone is 2. The summed E-state index contributed by atoms with van der Waals surface area (Å²) in [5.41, 5.74) is 2.02. The van der Waals surface area contributed by atoms with Gasteiger partial charge in [0.2, 0.25) is 5.91 Å². The Labute approximate surface area is 175 Å². The van der Waals surface area contributed by atoms with E-state index in [4.69, 9.17) is 9.47 Å². The van der Waals surface area contributed by atoms with Crippen LogP contribution in [0.4, 0.5) is 4.79 Å². The maximum absolute atomic E-state index is 13.3. The molecule has 1 saturated heterocycles. The number of fused-ring (bicyclic) bond motifs is 1. The van der Waals surface area contributed by atoms with Crippen LogP contribution in [0.15, 0.2) is 29.5 Å². The van der Waals surface area contributed by atoms with Crippen molar-refractivity contribution in [1.29, 1.82) is 0 Å². The van der Waals surface area contributed by atoms with Gasteiger partial charge in [0, 0.05) is 30.7 Å². The molecule has 0 radical (unpaired) electrons. The number of rotatable bonds is 3. The van der Waals surface area contributed by atoms with Crippen molar-refractivity contribution in [3.05, 3.63) is 35.0 Å². The number of ketones is 1. The summed E-state index contributed by atoms with van der Waals surface area (Å²) in [6.45, 7) is 4.10. The van der Waals surface area contributed by atoms with Gasteiger partial charge in [0.25, 0.3) is 0 Å². The molecule has 3 amide bonds. The molecule has 0 aromatic heterocycles. The molecule has 3 unspecified atom stereocenters. The predicted octanol–water partition coefficient (Wildman–Crippen LogP) is 2.16. The lowest BCUT2D eigenvalue weighted by Crippen LogP contribution is -2.67. The average Bonchev–Trinajstić information content (AvgIpc) is 2.69. The van der Waals surface area contributed by atoms with Crippen LogP contribution in [0.3, 0.4) is 0 Å². The Bertz CT molecular complexity index is 968. The second-order valence-electron chi connectivity index (χ2n) is 8.95. The lowest BCUT2D eigenvalue weighted by molar-refractivity contribution is -0.130. The molecule has 160 valence electrons. The van der Waals surface area contributed by atoms with Gasteiger partial charge in [-0.3, -0.25) is 14.9 Å². The standard InChI is InChI=1S/C22H27N3O5/c1-22(2)9-12-17(13(26)10-22)16(11-6-7-14(29-4)15(8-11)30-5)18-19(23-12)25(3)21(28)24-20(18)27/h6-8,16,18-19,23H,9-10H2,1-5H3,(H,24,27,28). The number of urea groups is 1. The Balaban J connectivity index is 1.91. The largest absolute Gasteiger partial charge is 0.493 e. The summed E-state index contributed by atoms with van der Waals surface area (Å²) in [5.74, 6) is -0.410. The molecule has 3 atom stereocenters. The lowest BCUT2D eigenvalue weighted by atomic mass is 9.66. The Morgan fingerprint density at radius 2 is 1.77 bits per heavy atom. The van der Waals surface area contributed by atoms with Crippen LogP contribution in [0.5, 0.6) is 11.5 Å². The van der Waals surface area contributed by atoms with Crippen molar-refractivity contribution in [3.63, 3.8) is 0 Å². The Hall–Kier alpha value is -3.03. The van der Waals surface area contributed by atoms with Crippen molar-refractivity contribution in [3.8, 4) is 11.5 Å². The highest BCUT2D eigenvalue weighted by molar-refractivity contribution is 6.04. The van der Waals surface area contributed by atoms with E-state index in [1.807, 2.05) is 12.1 Å². The molecule has 1 aromatic rings. The molecule has 1 aliphatic carbocycles. The molecular formula is C22H27N3O5. The van der Waals surface area contributed by atoms with Gasteiger partial charge in [-0.2, -0.15) is 0 Å². The summed E-state index contributed by atoms with van der Waals surface area (Å²) in [5, 5.41) is 5.78. The maximum atomic E-state index is 13.3. The first-order chi connectivity index (χ1) is 14.2. The SMILES string of the molecule is COc1ccc(C2C3=C(CC(C)(C)CC3=O)NC3C2C(=O)NC(=O)N3C)cc1OC. The minimum atomic E-state index is -0.644. The van der Waals surface area contributed by atoms with E-state index in [9.17, 15) is 14.4 Å². The van der Waals surface area contributed by atoms with Gasteiger partial charge in [0.05, 0.1) is 20.1 Å². The zero-order valence-corrected chi connectivity index (χ0v) is 17.9. The molecule has 8 nitrogen and oxygen atoms in total. The molecule has 0 saturated carbocycles. The number of Topliss-reactive ketones (excluding diaryl/α,β-unsaturated/α-hetero) is 1. The molecule has 2 N–H and O–H groups in total. The number of ether oxygens (including phenoxy) is 2. The minimum Gasteiger partial charge on any atom is -0.493 e. The van der Waals surface area contributed by atoms with Crippen molar-refractivity contribution < 1.29 is 23.9 Å². The molecule has 3 aliphatic rings. The summed E-state index contributed by atoms with van der Waals surface area (Å²) in [7, 11) is 4.76. The van der Waals surface area contributed by atoms with Crippen LogP contribution in [0.25, 0.3) is 0 Å². The first-order valence-corrected chi connectivity index (χ1v) is 9.99. The summed E-state index contributed by atoms with van der Waals surface area (Å²) < 4.78 is 10.8. The number of carbonyl (C=O) groups is 3. The van der Waals surface area contributed by atoms with Gasteiger partial charge in [-0.25, -0.2) is 4.79 Å². The zero-order chi connectivity index (χ0) is 21.8. The average molecular weight is 413 g/mol. The van der Waals surface area contributed by atoms with E-state index in [1.54, 1.807) is 27.3 Å². The fourth-order valence-corrected chi connectivity index (χ4v) is 4.91. The van der Waals surface area contributed by atoms with Gasteiger partial charge in [-0.1, -0.05) is 19.9 Å². The molecule has 4 rings (SSSR count). The number of imide groups is 1. The molecule has 2 aliphatic heterocycles. The van der Waals surface area contributed by atoms with Gasteiger partial charge in [-0.15, -0.1) is 0 Å². The number of carbonyl (C=O) groups excluding carboxylic acids is 3. The lowest BCUT2D eigenvalue weighted by Gasteiger charge is -2.49. The molecule has 0 spiro atoms. The third-order valence-corrected chi connectivity index (χ3v) is 6.29. The molecule has 2 heterocycles. The number of methoxy groups -OCH3 is 2. The van der Waals surface area contributed by atoms with E-state index in [0.717, 1.165) is 11.3 Å². The molecule has 30 heavy (non-hydrogen) atoms. The van der Waals surface area contributed by atoms with Gasteiger partial charge in [0.1, 0.15) is 6.17 Å². The fraction of sp³-hybridized carbons (Fsp3) is 0.500. The second kappa shape index (κ2) is 7.04. The number of nitrogens with one attached hydrogen (secondary N) is 2. The van der Waals surface area contributed by atoms with E-state index < -0.39 is 24.0 Å². The van der Waals surface area contributed by atoms with Crippen LogP contribution in [0.1, 0.15) is 38.2 Å². The Morgan fingerprint density at radius 3 is 2.43 bits per heavy atom. The third kappa shape index (κ3) is 3.11. The van der Waals surface area contributed by atoms with Crippen LogP contribution >= 0.6 is 0 Å². The van der Waals surface area contributed by atoms with Crippen molar-refractivity contribution in [1.82, 2.24) is 15.5 Å². The minimum absolute atomic E-state index is 0.0272. The first kappa shape index (κ1) is 20.3. The second-order valence-corrected chi connectivity index (χ2v) is 8.95. The predicted molar refractivity (Wildman–Crippen MR) is 109 cm³/mol. The fourth-order valence-electron chi connectivity index (χ4n) is 4.91. The van der Waals surface area contributed by atoms with Crippen LogP contribution in [0, 0.1) is 11.3 Å². The van der Waals surface area contributed by atoms with E-state index in [2.05, 4.69) is 24.5 Å². The van der Waals surface area contributed by atoms with Crippen molar-refractivity contribution in [2.75, 3.05) is 21.3 Å². The quantitative estimate of drug-likeness (QED) is 0.788. The van der Waals surface area contributed by atoms with Crippen molar-refractivity contribution in [2.45, 2.75) is 38.8 Å². The monoisotopic (exact) mass is 413 g/mol. The van der Waals surface area contributed by atoms with E-state index in [1.165, 1.54) is 4.90 Å².